The van der Waals surface area contributed by atoms with Gasteiger partial charge in [-0.1, -0.05) is 11.6 Å². The summed E-state index contributed by atoms with van der Waals surface area (Å²) in [7, 11) is 0. The number of fused-ring (bicyclic) bond motifs is 3. The molecule has 23 heavy (non-hydrogen) atoms. The molecule has 2 bridgehead atoms. The number of furan rings is 1. The molecule has 0 saturated carbocycles. The van der Waals surface area contributed by atoms with Gasteiger partial charge in [-0.25, -0.2) is 0 Å². The van der Waals surface area contributed by atoms with Crippen LogP contribution in [0, 0.1) is 5.92 Å². The van der Waals surface area contributed by atoms with E-state index in [1.807, 2.05) is 0 Å². The van der Waals surface area contributed by atoms with Crippen molar-refractivity contribution in [1.29, 1.82) is 0 Å². The van der Waals surface area contributed by atoms with Gasteiger partial charge in [0.2, 0.25) is 0 Å². The molecule has 0 radical (unpaired) electrons. The van der Waals surface area contributed by atoms with Gasteiger partial charge in [-0.15, -0.1) is 0 Å². The number of amides is 1. The van der Waals surface area contributed by atoms with Crippen molar-refractivity contribution < 1.29 is 9.21 Å². The van der Waals surface area contributed by atoms with Gasteiger partial charge in [-0.3, -0.25) is 9.78 Å². The van der Waals surface area contributed by atoms with Crippen LogP contribution in [0.25, 0.3) is 11.3 Å². The maximum Gasteiger partial charge on any atom is 0.287 e. The largest absolute Gasteiger partial charge is 0.451 e. The summed E-state index contributed by atoms with van der Waals surface area (Å²) in [4.78, 5) is 18.8. The number of piperidine rings is 3. The SMILES string of the molecule is O=C(NC1CN2CCC1CC2)c1ccc(-c2ccncc2Cl)o1. The minimum atomic E-state index is -0.153. The fourth-order valence-corrected chi connectivity index (χ4v) is 3.76. The van der Waals surface area contributed by atoms with Gasteiger partial charge in [-0.2, -0.15) is 0 Å². The summed E-state index contributed by atoms with van der Waals surface area (Å²) in [5.74, 6) is 1.34. The van der Waals surface area contributed by atoms with Crippen molar-refractivity contribution in [3.05, 3.63) is 41.4 Å². The summed E-state index contributed by atoms with van der Waals surface area (Å²) in [6, 6.07) is 5.47. The zero-order valence-corrected chi connectivity index (χ0v) is 13.4. The molecule has 3 aliphatic heterocycles. The van der Waals surface area contributed by atoms with Crippen LogP contribution in [0.5, 0.6) is 0 Å². The van der Waals surface area contributed by atoms with Gasteiger partial charge in [-0.05, 0) is 50.0 Å². The maximum atomic E-state index is 12.5. The molecule has 1 unspecified atom stereocenters. The summed E-state index contributed by atoms with van der Waals surface area (Å²) in [5.41, 5.74) is 0.739. The third-order valence-electron chi connectivity index (χ3n) is 4.84. The van der Waals surface area contributed by atoms with E-state index in [0.717, 1.165) is 25.2 Å². The van der Waals surface area contributed by atoms with Gasteiger partial charge in [0, 0.05) is 30.5 Å². The molecule has 1 amide bonds. The van der Waals surface area contributed by atoms with E-state index in [1.54, 1.807) is 30.6 Å². The van der Waals surface area contributed by atoms with Crippen LogP contribution in [-0.4, -0.2) is 41.5 Å². The lowest BCUT2D eigenvalue weighted by Crippen LogP contribution is -2.57. The molecule has 5 nitrogen and oxygen atoms in total. The quantitative estimate of drug-likeness (QED) is 0.939. The van der Waals surface area contributed by atoms with Crippen LogP contribution in [-0.2, 0) is 0 Å². The maximum absolute atomic E-state index is 12.5. The second-order valence-electron chi connectivity index (χ2n) is 6.24. The monoisotopic (exact) mass is 331 g/mol. The summed E-state index contributed by atoms with van der Waals surface area (Å²) in [6.07, 6.45) is 5.55. The van der Waals surface area contributed by atoms with E-state index in [4.69, 9.17) is 16.0 Å². The third-order valence-corrected chi connectivity index (χ3v) is 5.14. The number of aromatic nitrogens is 1. The van der Waals surface area contributed by atoms with Crippen molar-refractivity contribution in [3.8, 4) is 11.3 Å². The topological polar surface area (TPSA) is 58.4 Å². The molecule has 6 heteroatoms. The first-order valence-electron chi connectivity index (χ1n) is 7.93. The standard InChI is InChI=1S/C17H18ClN3O2/c18-13-9-19-6-3-12(13)15-1-2-16(23-15)17(22)20-14-10-21-7-4-11(14)5-8-21/h1-3,6,9,11,14H,4-5,7-8,10H2,(H,20,22). The van der Waals surface area contributed by atoms with E-state index in [1.165, 1.54) is 12.8 Å². The smallest absolute Gasteiger partial charge is 0.287 e. The van der Waals surface area contributed by atoms with E-state index in [0.29, 0.717) is 22.5 Å². The second kappa shape index (κ2) is 5.98. The highest BCUT2D eigenvalue weighted by Gasteiger charge is 2.35. The summed E-state index contributed by atoms with van der Waals surface area (Å²) < 4.78 is 5.70. The number of carbonyl (C=O) groups excluding carboxylic acids is 1. The van der Waals surface area contributed by atoms with Gasteiger partial charge in [0.05, 0.1) is 5.02 Å². The first-order valence-corrected chi connectivity index (χ1v) is 8.31. The Bertz CT molecular complexity index is 722. The number of pyridine rings is 1. The van der Waals surface area contributed by atoms with E-state index >= 15 is 0 Å². The lowest BCUT2D eigenvalue weighted by Gasteiger charge is -2.44. The Morgan fingerprint density at radius 1 is 1.30 bits per heavy atom. The van der Waals surface area contributed by atoms with Gasteiger partial charge in [0.1, 0.15) is 5.76 Å². The molecule has 3 saturated heterocycles. The zero-order chi connectivity index (χ0) is 15.8. The van der Waals surface area contributed by atoms with Crippen LogP contribution in [0.4, 0.5) is 0 Å². The van der Waals surface area contributed by atoms with Crippen LogP contribution in [0.1, 0.15) is 23.4 Å². The number of hydrogen-bond donors (Lipinski definition) is 1. The normalized spacial score (nSPS) is 26.2. The molecule has 1 N–H and O–H groups in total. The molecule has 1 atom stereocenters. The molecule has 5 rings (SSSR count). The van der Waals surface area contributed by atoms with Crippen molar-refractivity contribution in [2.45, 2.75) is 18.9 Å². The Morgan fingerprint density at radius 2 is 2.13 bits per heavy atom. The molecule has 0 spiro atoms. The summed E-state index contributed by atoms with van der Waals surface area (Å²) >= 11 is 6.12. The summed E-state index contributed by atoms with van der Waals surface area (Å²) in [6.45, 7) is 3.26. The van der Waals surface area contributed by atoms with Crippen molar-refractivity contribution in [1.82, 2.24) is 15.2 Å². The Balaban J connectivity index is 1.48. The first-order chi connectivity index (χ1) is 11.2. The van der Waals surface area contributed by atoms with E-state index < -0.39 is 0 Å². The zero-order valence-electron chi connectivity index (χ0n) is 12.7. The second-order valence-corrected chi connectivity index (χ2v) is 6.64. The molecule has 0 aliphatic carbocycles. The van der Waals surface area contributed by atoms with E-state index in [2.05, 4.69) is 15.2 Å². The van der Waals surface area contributed by atoms with Crippen LogP contribution in [0.15, 0.2) is 35.0 Å². The average Bonchev–Trinajstić information content (AvgIpc) is 3.06. The number of nitrogens with zero attached hydrogens (tertiary/aromatic N) is 2. The van der Waals surface area contributed by atoms with Crippen LogP contribution in [0.2, 0.25) is 5.02 Å². The van der Waals surface area contributed by atoms with Gasteiger partial charge in [0.15, 0.2) is 5.76 Å². The molecule has 3 aliphatic rings. The van der Waals surface area contributed by atoms with Crippen LogP contribution in [0.3, 0.4) is 0 Å². The number of halogens is 1. The Morgan fingerprint density at radius 3 is 2.83 bits per heavy atom. The molecule has 120 valence electrons. The molecule has 0 aromatic carbocycles. The Hall–Kier alpha value is -1.85. The van der Waals surface area contributed by atoms with Crippen molar-refractivity contribution >= 4 is 17.5 Å². The Kier molecular flexibility index (Phi) is 3.83. The lowest BCUT2D eigenvalue weighted by molar-refractivity contribution is 0.0606. The molecule has 5 heterocycles. The number of rotatable bonds is 3. The minimum absolute atomic E-state index is 0.153. The van der Waals surface area contributed by atoms with Crippen molar-refractivity contribution in [2.75, 3.05) is 19.6 Å². The Labute approximate surface area is 139 Å². The molecule has 3 fully saturated rings. The van der Waals surface area contributed by atoms with E-state index in [9.17, 15) is 4.79 Å². The highest BCUT2D eigenvalue weighted by atomic mass is 35.5. The predicted octanol–water partition coefficient (Wildman–Crippen LogP) is 2.82. The third kappa shape index (κ3) is 2.86. The minimum Gasteiger partial charge on any atom is -0.451 e. The first kappa shape index (κ1) is 14.7. The number of nitrogens with one attached hydrogen (secondary N) is 1. The van der Waals surface area contributed by atoms with Gasteiger partial charge >= 0.3 is 0 Å². The van der Waals surface area contributed by atoms with Crippen LogP contribution < -0.4 is 5.32 Å². The number of carbonyl (C=O) groups is 1. The fraction of sp³-hybridized carbons (Fsp3) is 0.412. The molecule has 2 aromatic heterocycles. The number of hydrogen-bond acceptors (Lipinski definition) is 4. The van der Waals surface area contributed by atoms with Gasteiger partial charge < -0.3 is 14.6 Å². The predicted molar refractivity (Wildman–Crippen MR) is 87.4 cm³/mol. The molecular formula is C17H18ClN3O2. The van der Waals surface area contributed by atoms with Gasteiger partial charge in [0.25, 0.3) is 5.91 Å². The molecular weight excluding hydrogens is 314 g/mol. The fourth-order valence-electron chi connectivity index (χ4n) is 3.55. The average molecular weight is 332 g/mol. The van der Waals surface area contributed by atoms with E-state index in [-0.39, 0.29) is 11.9 Å². The lowest BCUT2D eigenvalue weighted by atomic mass is 9.84. The van der Waals surface area contributed by atoms with Crippen LogP contribution >= 0.6 is 11.6 Å². The van der Waals surface area contributed by atoms with Crippen molar-refractivity contribution in [2.24, 2.45) is 5.92 Å². The van der Waals surface area contributed by atoms with Crippen molar-refractivity contribution in [3.63, 3.8) is 0 Å². The highest BCUT2D eigenvalue weighted by Crippen LogP contribution is 2.30. The molecule has 2 aromatic rings. The summed E-state index contributed by atoms with van der Waals surface area (Å²) in [5, 5.41) is 3.63. The highest BCUT2D eigenvalue weighted by molar-refractivity contribution is 6.33.